The molecule has 1 heteroatoms. The van der Waals surface area contributed by atoms with Crippen LogP contribution < -0.4 is 0 Å². The third kappa shape index (κ3) is 5.55. The second kappa shape index (κ2) is 11.0. The molecule has 0 aromatic heterocycles. The summed E-state index contributed by atoms with van der Waals surface area (Å²) in [4.78, 5) is 0. The molecular formula is C27H47N. The fourth-order valence-electron chi connectivity index (χ4n) is 7.28. The van der Waals surface area contributed by atoms with Gasteiger partial charge in [-0.2, -0.15) is 5.26 Å². The zero-order chi connectivity index (χ0) is 19.8. The van der Waals surface area contributed by atoms with Gasteiger partial charge in [0.15, 0.2) is 0 Å². The molecule has 0 radical (unpaired) electrons. The summed E-state index contributed by atoms with van der Waals surface area (Å²) in [5.74, 6) is 4.62. The molecule has 0 N–H and O–H groups in total. The first kappa shape index (κ1) is 22.2. The van der Waals surface area contributed by atoms with E-state index in [9.17, 15) is 5.26 Å². The maximum Gasteiger partial charge on any atom is 0.0692 e. The van der Waals surface area contributed by atoms with Crippen molar-refractivity contribution in [3.63, 3.8) is 0 Å². The Bertz CT molecular complexity index is 465. The number of hydrogen-bond donors (Lipinski definition) is 0. The second-order valence-corrected chi connectivity index (χ2v) is 10.9. The van der Waals surface area contributed by atoms with Gasteiger partial charge in [-0.25, -0.2) is 0 Å². The molecule has 0 unspecified atom stereocenters. The highest BCUT2D eigenvalue weighted by Gasteiger charge is 2.44. The van der Waals surface area contributed by atoms with Crippen LogP contribution in [0.3, 0.4) is 0 Å². The highest BCUT2D eigenvalue weighted by atomic mass is 14.5. The Labute approximate surface area is 176 Å². The van der Waals surface area contributed by atoms with Crippen LogP contribution in [0.4, 0.5) is 0 Å². The Morgan fingerprint density at radius 3 is 1.82 bits per heavy atom. The molecule has 0 amide bonds. The lowest BCUT2D eigenvalue weighted by Crippen LogP contribution is -2.38. The van der Waals surface area contributed by atoms with Crippen molar-refractivity contribution >= 4 is 0 Å². The molecule has 3 aliphatic carbocycles. The van der Waals surface area contributed by atoms with Gasteiger partial charge >= 0.3 is 0 Å². The van der Waals surface area contributed by atoms with E-state index in [1.54, 1.807) is 0 Å². The fraction of sp³-hybridized carbons (Fsp3) is 0.963. The predicted molar refractivity (Wildman–Crippen MR) is 120 cm³/mol. The van der Waals surface area contributed by atoms with Crippen molar-refractivity contribution in [3.05, 3.63) is 0 Å². The van der Waals surface area contributed by atoms with Crippen molar-refractivity contribution in [2.45, 2.75) is 129 Å². The van der Waals surface area contributed by atoms with Gasteiger partial charge in [0, 0.05) is 0 Å². The summed E-state index contributed by atoms with van der Waals surface area (Å²) in [6.07, 6.45) is 25.0. The van der Waals surface area contributed by atoms with Gasteiger partial charge < -0.3 is 0 Å². The van der Waals surface area contributed by atoms with Crippen molar-refractivity contribution in [2.75, 3.05) is 0 Å². The first-order valence-corrected chi connectivity index (χ1v) is 13.1. The Kier molecular flexibility index (Phi) is 8.74. The third-order valence-electron chi connectivity index (χ3n) is 9.24. The summed E-state index contributed by atoms with van der Waals surface area (Å²) in [6, 6.07) is 2.90. The Balaban J connectivity index is 1.44. The zero-order valence-corrected chi connectivity index (χ0v) is 19.1. The third-order valence-corrected chi connectivity index (χ3v) is 9.24. The molecule has 0 bridgehead atoms. The maximum atomic E-state index is 10.2. The van der Waals surface area contributed by atoms with Gasteiger partial charge in [0.05, 0.1) is 11.5 Å². The normalized spacial score (nSPS) is 39.4. The number of nitriles is 1. The summed E-state index contributed by atoms with van der Waals surface area (Å²) >= 11 is 0. The van der Waals surface area contributed by atoms with Crippen molar-refractivity contribution in [1.29, 1.82) is 5.26 Å². The largest absolute Gasteiger partial charge is 0.198 e. The monoisotopic (exact) mass is 385 g/mol. The van der Waals surface area contributed by atoms with E-state index >= 15 is 0 Å². The molecule has 3 saturated carbocycles. The van der Waals surface area contributed by atoms with Crippen LogP contribution in [0.25, 0.3) is 0 Å². The van der Waals surface area contributed by atoms with Crippen LogP contribution in [0.2, 0.25) is 0 Å². The van der Waals surface area contributed by atoms with E-state index in [2.05, 4.69) is 19.9 Å². The number of rotatable bonds is 8. The van der Waals surface area contributed by atoms with Gasteiger partial charge in [0.2, 0.25) is 0 Å². The highest BCUT2D eigenvalue weighted by Crippen LogP contribution is 2.52. The Morgan fingerprint density at radius 2 is 1.25 bits per heavy atom. The van der Waals surface area contributed by atoms with E-state index in [4.69, 9.17) is 0 Å². The van der Waals surface area contributed by atoms with Crippen LogP contribution in [0.1, 0.15) is 129 Å². The van der Waals surface area contributed by atoms with Crippen molar-refractivity contribution in [2.24, 2.45) is 35.0 Å². The minimum Gasteiger partial charge on any atom is -0.198 e. The molecule has 0 aromatic carbocycles. The van der Waals surface area contributed by atoms with Gasteiger partial charge in [0.25, 0.3) is 0 Å². The van der Waals surface area contributed by atoms with Crippen LogP contribution in [0, 0.1) is 46.3 Å². The molecule has 1 nitrogen and oxygen atoms in total. The van der Waals surface area contributed by atoms with Crippen molar-refractivity contribution in [3.8, 4) is 6.07 Å². The summed E-state index contributed by atoms with van der Waals surface area (Å²) in [6.45, 7) is 4.65. The fourth-order valence-corrected chi connectivity index (χ4v) is 7.28. The van der Waals surface area contributed by atoms with E-state index in [1.165, 1.54) is 116 Å². The molecule has 0 aromatic rings. The van der Waals surface area contributed by atoms with Crippen molar-refractivity contribution < 1.29 is 0 Å². The second-order valence-electron chi connectivity index (χ2n) is 10.9. The highest BCUT2D eigenvalue weighted by molar-refractivity contribution is 5.06. The lowest BCUT2D eigenvalue weighted by molar-refractivity contribution is 0.0602. The summed E-state index contributed by atoms with van der Waals surface area (Å²) in [5, 5.41) is 10.2. The number of unbranched alkanes of at least 4 members (excludes halogenated alkanes) is 2. The van der Waals surface area contributed by atoms with Crippen LogP contribution >= 0.6 is 0 Å². The molecule has 0 atom stereocenters. The van der Waals surface area contributed by atoms with Gasteiger partial charge in [-0.05, 0) is 81.0 Å². The van der Waals surface area contributed by atoms with Crippen molar-refractivity contribution in [1.82, 2.24) is 0 Å². The Hall–Kier alpha value is -0.510. The molecule has 0 aliphatic heterocycles. The van der Waals surface area contributed by atoms with E-state index in [0.29, 0.717) is 5.92 Å². The minimum atomic E-state index is 0.0459. The van der Waals surface area contributed by atoms with E-state index in [-0.39, 0.29) is 5.41 Å². The first-order valence-electron chi connectivity index (χ1n) is 13.1. The van der Waals surface area contributed by atoms with Crippen LogP contribution in [0.15, 0.2) is 0 Å². The SMILES string of the molecule is CCCCCC1CCC([C@]2(C#N)CC[C@@H](C3CCC(CCC)CC3)CC2)CC1. The molecule has 3 rings (SSSR count). The van der Waals surface area contributed by atoms with E-state index in [1.807, 2.05) is 0 Å². The van der Waals surface area contributed by atoms with E-state index in [0.717, 1.165) is 23.7 Å². The molecule has 0 saturated heterocycles. The number of hydrogen-bond acceptors (Lipinski definition) is 1. The van der Waals surface area contributed by atoms with Gasteiger partial charge in [-0.3, -0.25) is 0 Å². The van der Waals surface area contributed by atoms with Crippen LogP contribution in [-0.2, 0) is 0 Å². The maximum absolute atomic E-state index is 10.2. The topological polar surface area (TPSA) is 23.8 Å². The molecule has 0 heterocycles. The van der Waals surface area contributed by atoms with Crippen LogP contribution in [0.5, 0.6) is 0 Å². The van der Waals surface area contributed by atoms with Gasteiger partial charge in [0.1, 0.15) is 0 Å². The molecule has 0 spiro atoms. The summed E-state index contributed by atoms with van der Waals surface area (Å²) < 4.78 is 0. The summed E-state index contributed by atoms with van der Waals surface area (Å²) in [5.41, 5.74) is 0.0459. The number of nitrogens with zero attached hydrogens (tertiary/aromatic N) is 1. The summed E-state index contributed by atoms with van der Waals surface area (Å²) in [7, 11) is 0. The lowest BCUT2D eigenvalue weighted by atomic mass is 9.57. The lowest BCUT2D eigenvalue weighted by Gasteiger charge is -2.46. The van der Waals surface area contributed by atoms with E-state index < -0.39 is 0 Å². The van der Waals surface area contributed by atoms with Gasteiger partial charge in [-0.1, -0.05) is 78.1 Å². The average molecular weight is 386 g/mol. The molecule has 28 heavy (non-hydrogen) atoms. The molecule has 3 aliphatic rings. The average Bonchev–Trinajstić information content (AvgIpc) is 2.75. The quantitative estimate of drug-likeness (QED) is 0.383. The Morgan fingerprint density at radius 1 is 0.679 bits per heavy atom. The minimum absolute atomic E-state index is 0.0459. The standard InChI is InChI=1S/C27H47N/c1-3-5-6-8-23-11-15-26(16-12-23)27(21-28)19-17-25(18-20-27)24-13-9-22(7-4-2)10-14-24/h22-26H,3-20H2,1-2H3/t22?,23?,24?,25-,26?,27-. The molecular weight excluding hydrogens is 338 g/mol. The zero-order valence-electron chi connectivity index (χ0n) is 19.1. The smallest absolute Gasteiger partial charge is 0.0692 e. The van der Waals surface area contributed by atoms with Gasteiger partial charge in [-0.15, -0.1) is 0 Å². The molecule has 3 fully saturated rings. The molecule has 160 valence electrons. The predicted octanol–water partition coefficient (Wildman–Crippen LogP) is 8.68. The van der Waals surface area contributed by atoms with Crippen LogP contribution in [-0.4, -0.2) is 0 Å². The first-order chi connectivity index (χ1) is 13.7.